The minimum Gasteiger partial charge on any atom is -0.366 e. The Hall–Kier alpha value is -3.03. The van der Waals surface area contributed by atoms with Crippen LogP contribution in [0.4, 0.5) is 17.3 Å². The third-order valence-electron chi connectivity index (χ3n) is 7.08. The molecule has 5 rings (SSSR count). The van der Waals surface area contributed by atoms with Gasteiger partial charge in [-0.25, -0.2) is 4.98 Å². The smallest absolute Gasteiger partial charge is 0.259 e. The summed E-state index contributed by atoms with van der Waals surface area (Å²) in [6.07, 6.45) is 5.05. The van der Waals surface area contributed by atoms with Crippen LogP contribution in [0.25, 0.3) is 0 Å². The SMILES string of the molecule is CC(C)(C)NSc1cccc(NC(=O)c2ccc(NCc3ccccc3)nc2N2CCC3(CC2)CC3)c1. The summed E-state index contributed by atoms with van der Waals surface area (Å²) in [7, 11) is 0. The fraction of sp³-hybridized carbons (Fsp3) is 0.400. The molecule has 0 bridgehead atoms. The normalized spacial score (nSPS) is 16.5. The standard InChI is InChI=1S/C30H37N5OS/c1-29(2,3)34-37-24-11-7-10-23(20-24)32-28(36)25-12-13-26(31-21-22-8-5-4-6-9-22)33-27(25)35-18-16-30(14-15-30)17-19-35/h4-13,20,34H,14-19,21H2,1-3H3,(H,31,33)(H,32,36). The number of pyridine rings is 1. The average molecular weight is 516 g/mol. The Balaban J connectivity index is 1.34. The zero-order valence-electron chi connectivity index (χ0n) is 22.0. The molecule has 1 saturated heterocycles. The maximum atomic E-state index is 13.5. The molecule has 2 aliphatic rings. The molecule has 3 N–H and O–H groups in total. The molecular formula is C30H37N5OS. The van der Waals surface area contributed by atoms with Crippen LogP contribution in [-0.2, 0) is 6.54 Å². The lowest BCUT2D eigenvalue weighted by atomic mass is 9.93. The first kappa shape index (κ1) is 25.6. The number of amides is 1. The number of aromatic nitrogens is 1. The highest BCUT2D eigenvalue weighted by Crippen LogP contribution is 2.54. The van der Waals surface area contributed by atoms with Crippen LogP contribution in [0.5, 0.6) is 0 Å². The van der Waals surface area contributed by atoms with Crippen molar-refractivity contribution in [3.05, 3.63) is 77.9 Å². The quantitative estimate of drug-likeness (QED) is 0.289. The van der Waals surface area contributed by atoms with Crippen molar-refractivity contribution in [2.24, 2.45) is 5.41 Å². The van der Waals surface area contributed by atoms with E-state index < -0.39 is 0 Å². The summed E-state index contributed by atoms with van der Waals surface area (Å²) in [5, 5.41) is 6.55. The van der Waals surface area contributed by atoms with Gasteiger partial charge >= 0.3 is 0 Å². The van der Waals surface area contributed by atoms with Gasteiger partial charge in [-0.2, -0.15) is 0 Å². The molecule has 2 heterocycles. The summed E-state index contributed by atoms with van der Waals surface area (Å²) in [5.74, 6) is 1.43. The molecule has 0 radical (unpaired) electrons. The lowest BCUT2D eigenvalue weighted by Crippen LogP contribution is -2.36. The van der Waals surface area contributed by atoms with Gasteiger partial charge in [-0.3, -0.25) is 9.52 Å². The molecule has 1 aromatic heterocycles. The lowest BCUT2D eigenvalue weighted by Gasteiger charge is -2.34. The van der Waals surface area contributed by atoms with Crippen LogP contribution >= 0.6 is 11.9 Å². The minimum atomic E-state index is -0.130. The average Bonchev–Trinajstić information content (AvgIpc) is 3.65. The Morgan fingerprint density at radius 2 is 1.73 bits per heavy atom. The second-order valence-corrected chi connectivity index (χ2v) is 12.2. The molecule has 37 heavy (non-hydrogen) atoms. The maximum Gasteiger partial charge on any atom is 0.259 e. The molecule has 0 unspecified atom stereocenters. The van der Waals surface area contributed by atoms with Crippen molar-refractivity contribution in [1.82, 2.24) is 9.71 Å². The van der Waals surface area contributed by atoms with E-state index in [4.69, 9.17) is 4.98 Å². The van der Waals surface area contributed by atoms with Gasteiger partial charge in [0.2, 0.25) is 0 Å². The van der Waals surface area contributed by atoms with Crippen molar-refractivity contribution in [2.75, 3.05) is 28.6 Å². The van der Waals surface area contributed by atoms with Gasteiger partial charge in [0.25, 0.3) is 5.91 Å². The van der Waals surface area contributed by atoms with E-state index in [9.17, 15) is 4.79 Å². The van der Waals surface area contributed by atoms with E-state index in [0.717, 1.165) is 35.3 Å². The summed E-state index contributed by atoms with van der Waals surface area (Å²) in [6.45, 7) is 8.97. The second kappa shape index (κ2) is 10.8. The third-order valence-corrected chi connectivity index (χ3v) is 8.29. The summed E-state index contributed by atoms with van der Waals surface area (Å²) < 4.78 is 3.42. The van der Waals surface area contributed by atoms with E-state index in [1.165, 1.54) is 31.2 Å². The Kier molecular flexibility index (Phi) is 7.45. The first-order valence-electron chi connectivity index (χ1n) is 13.2. The van der Waals surface area contributed by atoms with Gasteiger partial charge in [0.15, 0.2) is 0 Å². The fourth-order valence-electron chi connectivity index (χ4n) is 4.67. The van der Waals surface area contributed by atoms with E-state index in [-0.39, 0.29) is 11.4 Å². The molecule has 1 amide bonds. The largest absolute Gasteiger partial charge is 0.366 e. The third kappa shape index (κ3) is 6.84. The molecular weight excluding hydrogens is 478 g/mol. The highest BCUT2D eigenvalue weighted by atomic mass is 32.2. The van der Waals surface area contributed by atoms with E-state index in [0.29, 0.717) is 17.5 Å². The second-order valence-electron chi connectivity index (χ2n) is 11.3. The Morgan fingerprint density at radius 1 is 0.973 bits per heavy atom. The van der Waals surface area contributed by atoms with Gasteiger partial charge in [0.1, 0.15) is 11.6 Å². The summed E-state index contributed by atoms with van der Waals surface area (Å²) >= 11 is 1.57. The highest BCUT2D eigenvalue weighted by Gasteiger charge is 2.44. The van der Waals surface area contributed by atoms with Crippen LogP contribution in [0.15, 0.2) is 71.6 Å². The first-order valence-corrected chi connectivity index (χ1v) is 14.0. The summed E-state index contributed by atoms with van der Waals surface area (Å²) in [5.41, 5.74) is 3.14. The molecule has 3 aromatic rings. The molecule has 1 aliphatic heterocycles. The maximum absolute atomic E-state index is 13.5. The van der Waals surface area contributed by atoms with E-state index in [1.54, 1.807) is 11.9 Å². The van der Waals surface area contributed by atoms with Crippen molar-refractivity contribution in [3.8, 4) is 0 Å². The lowest BCUT2D eigenvalue weighted by molar-refractivity contribution is 0.102. The van der Waals surface area contributed by atoms with Crippen molar-refractivity contribution in [2.45, 2.75) is 63.4 Å². The van der Waals surface area contributed by atoms with Crippen molar-refractivity contribution < 1.29 is 4.79 Å². The van der Waals surface area contributed by atoms with Gasteiger partial charge in [0, 0.05) is 35.8 Å². The van der Waals surface area contributed by atoms with Crippen LogP contribution in [0.1, 0.15) is 62.4 Å². The molecule has 1 saturated carbocycles. The van der Waals surface area contributed by atoms with Crippen LogP contribution in [0.3, 0.4) is 0 Å². The van der Waals surface area contributed by atoms with E-state index >= 15 is 0 Å². The van der Waals surface area contributed by atoms with E-state index in [1.807, 2.05) is 54.6 Å². The summed E-state index contributed by atoms with van der Waals surface area (Å²) in [4.78, 5) is 21.8. The number of anilines is 3. The molecule has 1 aliphatic carbocycles. The monoisotopic (exact) mass is 515 g/mol. The van der Waals surface area contributed by atoms with Gasteiger partial charge in [0.05, 0.1) is 5.56 Å². The topological polar surface area (TPSA) is 69.3 Å². The molecule has 194 valence electrons. The highest BCUT2D eigenvalue weighted by molar-refractivity contribution is 7.97. The fourth-order valence-corrected chi connectivity index (χ4v) is 5.43. The van der Waals surface area contributed by atoms with Gasteiger partial charge in [-0.05, 0) is 99.7 Å². The summed E-state index contributed by atoms with van der Waals surface area (Å²) in [6, 6.07) is 22.1. The van der Waals surface area contributed by atoms with Crippen LogP contribution < -0.4 is 20.3 Å². The minimum absolute atomic E-state index is 0.00568. The number of hydrogen-bond acceptors (Lipinski definition) is 6. The molecule has 6 nitrogen and oxygen atoms in total. The zero-order valence-corrected chi connectivity index (χ0v) is 22.8. The van der Waals surface area contributed by atoms with Crippen molar-refractivity contribution in [3.63, 3.8) is 0 Å². The number of nitrogens with one attached hydrogen (secondary N) is 3. The Labute approximate surface area is 224 Å². The van der Waals surface area contributed by atoms with Crippen LogP contribution in [0.2, 0.25) is 0 Å². The first-order chi connectivity index (χ1) is 17.8. The van der Waals surface area contributed by atoms with Gasteiger partial charge in [-0.1, -0.05) is 36.4 Å². The molecule has 2 aromatic carbocycles. The number of piperidine rings is 1. The zero-order chi connectivity index (χ0) is 25.9. The van der Waals surface area contributed by atoms with Gasteiger partial charge < -0.3 is 15.5 Å². The number of benzene rings is 2. The number of carbonyl (C=O) groups is 1. The molecule has 7 heteroatoms. The number of carbonyl (C=O) groups excluding carboxylic acids is 1. The molecule has 2 fully saturated rings. The number of hydrogen-bond donors (Lipinski definition) is 3. The van der Waals surface area contributed by atoms with Crippen LogP contribution in [-0.4, -0.2) is 29.5 Å². The predicted octanol–water partition coefficient (Wildman–Crippen LogP) is 6.72. The number of rotatable bonds is 8. The van der Waals surface area contributed by atoms with Crippen molar-refractivity contribution >= 4 is 35.2 Å². The van der Waals surface area contributed by atoms with E-state index in [2.05, 4.69) is 53.2 Å². The number of nitrogens with zero attached hydrogens (tertiary/aromatic N) is 2. The molecule has 0 atom stereocenters. The Morgan fingerprint density at radius 3 is 2.43 bits per heavy atom. The molecule has 1 spiro atoms. The van der Waals surface area contributed by atoms with Crippen LogP contribution in [0, 0.1) is 5.41 Å². The predicted molar refractivity (Wildman–Crippen MR) is 154 cm³/mol. The Bertz CT molecular complexity index is 1230. The van der Waals surface area contributed by atoms with Gasteiger partial charge in [-0.15, -0.1) is 0 Å². The van der Waals surface area contributed by atoms with Crippen molar-refractivity contribution in [1.29, 1.82) is 0 Å².